The molecule has 8 heteroatoms. The van der Waals surface area contributed by atoms with Crippen molar-refractivity contribution in [2.24, 2.45) is 0 Å². The first-order valence-corrected chi connectivity index (χ1v) is 11.8. The molecule has 6 nitrogen and oxygen atoms in total. The van der Waals surface area contributed by atoms with Crippen LogP contribution in [0.15, 0.2) is 60.0 Å². The van der Waals surface area contributed by atoms with Crippen LogP contribution in [0, 0.1) is 0 Å². The molecule has 1 aromatic heterocycles. The molecule has 1 N–H and O–H groups in total. The highest BCUT2D eigenvalue weighted by Crippen LogP contribution is 2.24. The van der Waals surface area contributed by atoms with Gasteiger partial charge >= 0.3 is 0 Å². The number of aromatic nitrogens is 1. The number of thiazole rings is 1. The molecule has 0 saturated carbocycles. The van der Waals surface area contributed by atoms with Gasteiger partial charge in [-0.25, -0.2) is 4.98 Å². The van der Waals surface area contributed by atoms with E-state index in [2.05, 4.69) is 10.3 Å². The number of nitrogens with one attached hydrogen (secondary N) is 1. The average molecular weight is 470 g/mol. The Bertz CT molecular complexity index is 1090. The van der Waals surface area contributed by atoms with Gasteiger partial charge in [0.1, 0.15) is 16.8 Å². The van der Waals surface area contributed by atoms with Crippen LogP contribution in [0.3, 0.4) is 0 Å². The monoisotopic (exact) mass is 469 g/mol. The summed E-state index contributed by atoms with van der Waals surface area (Å²) in [5.41, 5.74) is 1.85. The zero-order chi connectivity index (χ0) is 22.5. The summed E-state index contributed by atoms with van der Waals surface area (Å²) in [6, 6.07) is 16.4. The van der Waals surface area contributed by atoms with Crippen LogP contribution in [-0.2, 0) is 16.1 Å². The molecule has 1 aliphatic rings. The first kappa shape index (κ1) is 22.3. The SMILES string of the molecule is CC(Oc1cccc(Cl)c1)C(=O)N1CCCC1C(=O)NCc1csc(-c2ccccc2)n1. The minimum Gasteiger partial charge on any atom is -0.481 e. The summed E-state index contributed by atoms with van der Waals surface area (Å²) in [6.45, 7) is 2.56. The Morgan fingerprint density at radius 1 is 1.25 bits per heavy atom. The van der Waals surface area contributed by atoms with E-state index in [4.69, 9.17) is 16.3 Å². The molecule has 2 unspecified atom stereocenters. The molecular formula is C24H24ClN3O3S. The smallest absolute Gasteiger partial charge is 0.264 e. The molecular weight excluding hydrogens is 446 g/mol. The molecule has 2 atom stereocenters. The predicted octanol–water partition coefficient (Wildman–Crippen LogP) is 4.54. The van der Waals surface area contributed by atoms with Gasteiger partial charge in [0.2, 0.25) is 5.91 Å². The van der Waals surface area contributed by atoms with Crippen molar-refractivity contribution < 1.29 is 14.3 Å². The van der Waals surface area contributed by atoms with Crippen LogP contribution in [-0.4, -0.2) is 40.4 Å². The minimum atomic E-state index is -0.714. The first-order valence-electron chi connectivity index (χ1n) is 10.5. The number of hydrogen-bond acceptors (Lipinski definition) is 5. The largest absolute Gasteiger partial charge is 0.481 e. The van der Waals surface area contributed by atoms with E-state index in [-0.39, 0.29) is 11.8 Å². The van der Waals surface area contributed by atoms with Gasteiger partial charge in [0.15, 0.2) is 6.10 Å². The number of carbonyl (C=O) groups excluding carboxylic acids is 2. The Hall–Kier alpha value is -2.90. The number of likely N-dealkylation sites (tertiary alicyclic amines) is 1. The second-order valence-electron chi connectivity index (χ2n) is 7.63. The van der Waals surface area contributed by atoms with Gasteiger partial charge in [-0.15, -0.1) is 11.3 Å². The van der Waals surface area contributed by atoms with Gasteiger partial charge in [0.05, 0.1) is 12.2 Å². The van der Waals surface area contributed by atoms with Crippen LogP contribution in [0.2, 0.25) is 5.02 Å². The third-order valence-corrected chi connectivity index (χ3v) is 6.49. The number of ether oxygens (including phenoxy) is 1. The summed E-state index contributed by atoms with van der Waals surface area (Å²) < 4.78 is 5.76. The van der Waals surface area contributed by atoms with Crippen LogP contribution >= 0.6 is 22.9 Å². The standard InChI is InChI=1S/C24H24ClN3O3S/c1-16(31-20-10-5-9-18(25)13-20)24(30)28-12-6-11-21(28)22(29)26-14-19-15-32-23(27-19)17-7-3-2-4-8-17/h2-5,7-10,13,15-16,21H,6,11-12,14H2,1H3,(H,26,29). The molecule has 0 bridgehead atoms. The van der Waals surface area contributed by atoms with Crippen LogP contribution in [0.1, 0.15) is 25.5 Å². The van der Waals surface area contributed by atoms with Crippen molar-refractivity contribution >= 4 is 34.8 Å². The lowest BCUT2D eigenvalue weighted by atomic mass is 10.2. The Labute approximate surface area is 196 Å². The van der Waals surface area contributed by atoms with Gasteiger partial charge in [0, 0.05) is 22.5 Å². The molecule has 0 radical (unpaired) electrons. The number of nitrogens with zero attached hydrogens (tertiary/aromatic N) is 2. The molecule has 2 aromatic carbocycles. The number of hydrogen-bond donors (Lipinski definition) is 1. The van der Waals surface area contributed by atoms with E-state index in [9.17, 15) is 9.59 Å². The molecule has 1 fully saturated rings. The summed E-state index contributed by atoms with van der Waals surface area (Å²) in [7, 11) is 0. The fraction of sp³-hybridized carbons (Fsp3) is 0.292. The molecule has 32 heavy (non-hydrogen) atoms. The van der Waals surface area contributed by atoms with Crippen LogP contribution in [0.25, 0.3) is 10.6 Å². The Kier molecular flexibility index (Phi) is 7.07. The quantitative estimate of drug-likeness (QED) is 0.551. The molecule has 1 saturated heterocycles. The van der Waals surface area contributed by atoms with E-state index in [1.807, 2.05) is 35.7 Å². The summed E-state index contributed by atoms with van der Waals surface area (Å²) in [5.74, 6) is 0.152. The van der Waals surface area contributed by atoms with E-state index in [0.29, 0.717) is 30.3 Å². The molecule has 2 heterocycles. The second-order valence-corrected chi connectivity index (χ2v) is 8.93. The Morgan fingerprint density at radius 2 is 2.06 bits per heavy atom. The van der Waals surface area contributed by atoms with Gasteiger partial charge in [-0.1, -0.05) is 48.0 Å². The number of carbonyl (C=O) groups is 2. The third kappa shape index (κ3) is 5.29. The number of rotatable bonds is 7. The molecule has 4 rings (SSSR count). The lowest BCUT2D eigenvalue weighted by molar-refractivity contribution is -0.143. The van der Waals surface area contributed by atoms with Gasteiger partial charge in [0.25, 0.3) is 5.91 Å². The molecule has 166 valence electrons. The van der Waals surface area contributed by atoms with Crippen molar-refractivity contribution in [2.45, 2.75) is 38.5 Å². The third-order valence-electron chi connectivity index (χ3n) is 5.31. The Morgan fingerprint density at radius 3 is 2.84 bits per heavy atom. The van der Waals surface area contributed by atoms with Crippen molar-refractivity contribution in [1.29, 1.82) is 0 Å². The minimum absolute atomic E-state index is 0.167. The van der Waals surface area contributed by atoms with Gasteiger partial charge < -0.3 is 15.0 Å². The van der Waals surface area contributed by atoms with Crippen LogP contribution in [0.4, 0.5) is 0 Å². The molecule has 3 aromatic rings. The zero-order valence-electron chi connectivity index (χ0n) is 17.7. The maximum Gasteiger partial charge on any atom is 0.264 e. The van der Waals surface area contributed by atoms with Crippen molar-refractivity contribution in [3.05, 3.63) is 70.7 Å². The number of amides is 2. The summed E-state index contributed by atoms with van der Waals surface area (Å²) >= 11 is 7.53. The van der Waals surface area contributed by atoms with Gasteiger partial charge in [-0.3, -0.25) is 9.59 Å². The van der Waals surface area contributed by atoms with Crippen molar-refractivity contribution in [1.82, 2.24) is 15.2 Å². The summed E-state index contributed by atoms with van der Waals surface area (Å²) in [4.78, 5) is 32.0. The van der Waals surface area contributed by atoms with E-state index >= 15 is 0 Å². The van der Waals surface area contributed by atoms with Crippen LogP contribution in [0.5, 0.6) is 5.75 Å². The Balaban J connectivity index is 1.34. The lowest BCUT2D eigenvalue weighted by Gasteiger charge is -2.27. The topological polar surface area (TPSA) is 71.5 Å². The maximum atomic E-state index is 13.0. The lowest BCUT2D eigenvalue weighted by Crippen LogP contribution is -2.49. The van der Waals surface area contributed by atoms with E-state index < -0.39 is 12.1 Å². The summed E-state index contributed by atoms with van der Waals surface area (Å²) in [6.07, 6.45) is 0.699. The highest BCUT2D eigenvalue weighted by molar-refractivity contribution is 7.13. The first-order chi connectivity index (χ1) is 15.5. The molecule has 0 aliphatic carbocycles. The van der Waals surface area contributed by atoms with E-state index in [0.717, 1.165) is 22.7 Å². The van der Waals surface area contributed by atoms with Crippen molar-refractivity contribution in [3.8, 4) is 16.3 Å². The molecule has 0 spiro atoms. The normalized spacial score (nSPS) is 16.6. The van der Waals surface area contributed by atoms with Crippen molar-refractivity contribution in [2.75, 3.05) is 6.54 Å². The number of benzene rings is 2. The highest BCUT2D eigenvalue weighted by atomic mass is 35.5. The fourth-order valence-corrected chi connectivity index (χ4v) is 4.73. The maximum absolute atomic E-state index is 13.0. The van der Waals surface area contributed by atoms with Crippen molar-refractivity contribution in [3.63, 3.8) is 0 Å². The van der Waals surface area contributed by atoms with E-state index in [1.54, 1.807) is 47.4 Å². The van der Waals surface area contributed by atoms with Crippen LogP contribution < -0.4 is 10.1 Å². The van der Waals surface area contributed by atoms with E-state index in [1.165, 1.54) is 0 Å². The van der Waals surface area contributed by atoms with Gasteiger partial charge in [-0.2, -0.15) is 0 Å². The van der Waals surface area contributed by atoms with Gasteiger partial charge in [-0.05, 0) is 38.0 Å². The summed E-state index contributed by atoms with van der Waals surface area (Å²) in [5, 5.41) is 6.34. The zero-order valence-corrected chi connectivity index (χ0v) is 19.2. The highest BCUT2D eigenvalue weighted by Gasteiger charge is 2.36. The fourth-order valence-electron chi connectivity index (χ4n) is 3.73. The molecule has 1 aliphatic heterocycles. The average Bonchev–Trinajstić information content (AvgIpc) is 3.47. The number of halogens is 1. The predicted molar refractivity (Wildman–Crippen MR) is 126 cm³/mol. The molecule has 2 amide bonds. The second kappa shape index (κ2) is 10.1.